The van der Waals surface area contributed by atoms with E-state index in [-0.39, 0.29) is 0 Å². The first-order valence-corrected chi connectivity index (χ1v) is 6.36. The molecule has 0 radical (unpaired) electrons. The van der Waals surface area contributed by atoms with Crippen molar-refractivity contribution < 1.29 is 0 Å². The van der Waals surface area contributed by atoms with E-state index in [1.54, 1.807) is 0 Å². The molecule has 0 aliphatic carbocycles. The molecule has 3 rings (SSSR count). The Labute approximate surface area is 107 Å². The minimum Gasteiger partial charge on any atom is -0.278 e. The van der Waals surface area contributed by atoms with Gasteiger partial charge in [0.2, 0.25) is 0 Å². The number of hydrogen-bond acceptors (Lipinski definition) is 1. The number of benzene rings is 2. The van der Waals surface area contributed by atoms with Gasteiger partial charge in [-0.1, -0.05) is 43.3 Å². The number of nitrogens with zero attached hydrogens (tertiary/aromatic N) is 1. The van der Waals surface area contributed by atoms with Crippen LogP contribution in [0.5, 0.6) is 0 Å². The molecular weight excluding hydrogens is 220 g/mol. The molecule has 0 saturated heterocycles. The Kier molecular flexibility index (Phi) is 2.85. The summed E-state index contributed by atoms with van der Waals surface area (Å²) in [4.78, 5) is 0. The number of H-pyrrole nitrogens is 1. The lowest BCUT2D eigenvalue weighted by atomic mass is 9.89. The van der Waals surface area contributed by atoms with E-state index in [1.807, 2.05) is 6.20 Å². The summed E-state index contributed by atoms with van der Waals surface area (Å²) < 4.78 is 0. The van der Waals surface area contributed by atoms with E-state index >= 15 is 0 Å². The number of nitrogens with one attached hydrogen (secondary N) is 1. The van der Waals surface area contributed by atoms with Crippen LogP contribution in [0.15, 0.2) is 54.7 Å². The smallest absolute Gasteiger partial charge is 0.0650 e. The largest absolute Gasteiger partial charge is 0.278 e. The lowest BCUT2D eigenvalue weighted by Gasteiger charge is -2.15. The molecule has 0 aliphatic heterocycles. The van der Waals surface area contributed by atoms with Gasteiger partial charge in [-0.15, -0.1) is 0 Å². The maximum absolute atomic E-state index is 4.08. The molecule has 0 saturated carbocycles. The summed E-state index contributed by atoms with van der Waals surface area (Å²) in [7, 11) is 0. The van der Waals surface area contributed by atoms with Gasteiger partial charge in [0, 0.05) is 11.3 Å². The van der Waals surface area contributed by atoms with Gasteiger partial charge in [0.15, 0.2) is 0 Å². The van der Waals surface area contributed by atoms with Gasteiger partial charge in [-0.05, 0) is 29.7 Å². The third kappa shape index (κ3) is 1.90. The molecule has 1 aromatic heterocycles. The molecule has 90 valence electrons. The Morgan fingerprint density at radius 3 is 2.67 bits per heavy atom. The summed E-state index contributed by atoms with van der Waals surface area (Å²) in [6.07, 6.45) is 2.99. The molecule has 2 nitrogen and oxygen atoms in total. The maximum atomic E-state index is 4.08. The van der Waals surface area contributed by atoms with E-state index < -0.39 is 0 Å². The topological polar surface area (TPSA) is 28.7 Å². The number of rotatable bonds is 3. The van der Waals surface area contributed by atoms with Crippen molar-refractivity contribution in [3.8, 4) is 0 Å². The van der Waals surface area contributed by atoms with Crippen LogP contribution in [-0.2, 0) is 0 Å². The monoisotopic (exact) mass is 236 g/mol. The lowest BCUT2D eigenvalue weighted by Crippen LogP contribution is -1.99. The quantitative estimate of drug-likeness (QED) is 0.728. The molecule has 2 aromatic carbocycles. The molecule has 0 bridgehead atoms. The molecule has 3 aromatic rings. The minimum absolute atomic E-state index is 0.463. The maximum Gasteiger partial charge on any atom is 0.0650 e. The van der Waals surface area contributed by atoms with Gasteiger partial charge in [0.1, 0.15) is 0 Å². The second-order valence-electron chi connectivity index (χ2n) is 4.59. The molecule has 0 amide bonds. The van der Waals surface area contributed by atoms with Crippen LogP contribution >= 0.6 is 0 Å². The highest BCUT2D eigenvalue weighted by molar-refractivity contribution is 5.78. The number of aromatic nitrogens is 2. The zero-order valence-corrected chi connectivity index (χ0v) is 10.4. The summed E-state index contributed by atoms with van der Waals surface area (Å²) in [5, 5.41) is 8.25. The molecule has 0 fully saturated rings. The van der Waals surface area contributed by atoms with E-state index in [2.05, 4.69) is 65.7 Å². The molecule has 1 unspecified atom stereocenters. The highest BCUT2D eigenvalue weighted by Gasteiger charge is 2.12. The van der Waals surface area contributed by atoms with Crippen LogP contribution in [0.1, 0.15) is 30.4 Å². The summed E-state index contributed by atoms with van der Waals surface area (Å²) in [5.41, 5.74) is 3.84. The molecular formula is C16H16N2. The Balaban J connectivity index is 2.05. The van der Waals surface area contributed by atoms with Crippen LogP contribution in [-0.4, -0.2) is 10.2 Å². The van der Waals surface area contributed by atoms with E-state index in [9.17, 15) is 0 Å². The van der Waals surface area contributed by atoms with Crippen LogP contribution in [0.4, 0.5) is 0 Å². The van der Waals surface area contributed by atoms with Gasteiger partial charge >= 0.3 is 0 Å². The van der Waals surface area contributed by atoms with Crippen LogP contribution in [0.3, 0.4) is 0 Å². The second-order valence-corrected chi connectivity index (χ2v) is 4.59. The summed E-state index contributed by atoms with van der Waals surface area (Å²) in [6.45, 7) is 2.23. The van der Waals surface area contributed by atoms with Crippen molar-refractivity contribution in [2.45, 2.75) is 19.3 Å². The average molecular weight is 236 g/mol. The zero-order chi connectivity index (χ0) is 12.4. The van der Waals surface area contributed by atoms with Crippen molar-refractivity contribution in [1.29, 1.82) is 0 Å². The standard InChI is InChI=1S/C16H16N2/c1-2-15(12-6-4-3-5-7-12)13-8-9-16-14(10-13)11-17-18-16/h3-11,15H,2H2,1H3,(H,17,18). The summed E-state index contributed by atoms with van der Waals surface area (Å²) in [6, 6.07) is 17.2. The fourth-order valence-corrected chi connectivity index (χ4v) is 2.53. The van der Waals surface area contributed by atoms with Crippen molar-refractivity contribution in [2.75, 3.05) is 0 Å². The first kappa shape index (κ1) is 11.0. The van der Waals surface area contributed by atoms with Gasteiger partial charge < -0.3 is 0 Å². The van der Waals surface area contributed by atoms with Gasteiger partial charge in [-0.3, -0.25) is 5.10 Å². The van der Waals surface area contributed by atoms with Crippen LogP contribution in [0.2, 0.25) is 0 Å². The van der Waals surface area contributed by atoms with Gasteiger partial charge in [0.25, 0.3) is 0 Å². The fourth-order valence-electron chi connectivity index (χ4n) is 2.53. The molecule has 2 heteroatoms. The van der Waals surface area contributed by atoms with Crippen molar-refractivity contribution >= 4 is 10.9 Å². The predicted molar refractivity (Wildman–Crippen MR) is 74.7 cm³/mol. The third-order valence-electron chi connectivity index (χ3n) is 3.48. The van der Waals surface area contributed by atoms with E-state index in [0.29, 0.717) is 5.92 Å². The summed E-state index contributed by atoms with van der Waals surface area (Å²) >= 11 is 0. The first-order chi connectivity index (χ1) is 8.88. The van der Waals surface area contributed by atoms with Crippen LogP contribution in [0.25, 0.3) is 10.9 Å². The Bertz CT molecular complexity index is 640. The number of hydrogen-bond donors (Lipinski definition) is 1. The molecule has 1 atom stereocenters. The average Bonchev–Trinajstić information content (AvgIpc) is 2.88. The van der Waals surface area contributed by atoms with Crippen molar-refractivity contribution in [1.82, 2.24) is 10.2 Å². The fraction of sp³-hybridized carbons (Fsp3) is 0.188. The van der Waals surface area contributed by atoms with E-state index in [4.69, 9.17) is 0 Å². The number of fused-ring (bicyclic) bond motifs is 1. The van der Waals surface area contributed by atoms with Gasteiger partial charge in [-0.2, -0.15) is 5.10 Å². The second kappa shape index (κ2) is 4.65. The minimum atomic E-state index is 0.463. The Morgan fingerprint density at radius 1 is 1.06 bits per heavy atom. The van der Waals surface area contributed by atoms with Crippen molar-refractivity contribution in [3.63, 3.8) is 0 Å². The Morgan fingerprint density at radius 2 is 1.89 bits per heavy atom. The highest BCUT2D eigenvalue weighted by atomic mass is 15.1. The van der Waals surface area contributed by atoms with Crippen molar-refractivity contribution in [2.24, 2.45) is 0 Å². The SMILES string of the molecule is CCC(c1ccccc1)c1ccc2[nH]ncc2c1. The van der Waals surface area contributed by atoms with E-state index in [1.165, 1.54) is 16.5 Å². The molecule has 0 spiro atoms. The summed E-state index contributed by atoms with van der Waals surface area (Å²) in [5.74, 6) is 0.463. The van der Waals surface area contributed by atoms with Gasteiger partial charge in [0.05, 0.1) is 11.7 Å². The molecule has 18 heavy (non-hydrogen) atoms. The van der Waals surface area contributed by atoms with Crippen LogP contribution in [0, 0.1) is 0 Å². The predicted octanol–water partition coefficient (Wildman–Crippen LogP) is 4.10. The molecule has 1 heterocycles. The van der Waals surface area contributed by atoms with Crippen molar-refractivity contribution in [3.05, 3.63) is 65.9 Å². The third-order valence-corrected chi connectivity index (χ3v) is 3.48. The normalized spacial score (nSPS) is 12.7. The van der Waals surface area contributed by atoms with Crippen LogP contribution < -0.4 is 0 Å². The Hall–Kier alpha value is -2.09. The molecule has 0 aliphatic rings. The van der Waals surface area contributed by atoms with E-state index in [0.717, 1.165) is 11.9 Å². The first-order valence-electron chi connectivity index (χ1n) is 6.36. The number of aromatic amines is 1. The van der Waals surface area contributed by atoms with Gasteiger partial charge in [-0.25, -0.2) is 0 Å². The molecule has 1 N–H and O–H groups in total. The highest BCUT2D eigenvalue weighted by Crippen LogP contribution is 2.29. The zero-order valence-electron chi connectivity index (χ0n) is 10.4. The lowest BCUT2D eigenvalue weighted by molar-refractivity contribution is 0.778.